The summed E-state index contributed by atoms with van der Waals surface area (Å²) in [6.07, 6.45) is -0.150. The largest absolute Gasteiger partial charge is 0.481 e. The number of aryl methyl sites for hydroxylation is 1. The van der Waals surface area contributed by atoms with Gasteiger partial charge in [0.15, 0.2) is 0 Å². The van der Waals surface area contributed by atoms with Gasteiger partial charge in [-0.15, -0.1) is 0 Å². The number of benzene rings is 2. The van der Waals surface area contributed by atoms with Crippen molar-refractivity contribution in [1.82, 2.24) is 0 Å². The fraction of sp³-hybridized carbons (Fsp3) is 0.250. The average Bonchev–Trinajstić information content (AvgIpc) is 2.58. The molecule has 0 fully saturated rings. The summed E-state index contributed by atoms with van der Waals surface area (Å²) in [5.41, 5.74) is 1.25. The van der Waals surface area contributed by atoms with Crippen LogP contribution in [-0.4, -0.2) is 22.9 Å². The van der Waals surface area contributed by atoms with Crippen molar-refractivity contribution < 1.29 is 19.5 Å². The van der Waals surface area contributed by atoms with Gasteiger partial charge in [-0.2, -0.15) is 0 Å². The Labute approximate surface area is 152 Å². The molecule has 6 nitrogen and oxygen atoms in total. The van der Waals surface area contributed by atoms with Gasteiger partial charge in [-0.3, -0.25) is 14.4 Å². The first-order valence-corrected chi connectivity index (χ1v) is 8.19. The SMILES string of the molecule is Cc1ccc(NC(=O)c2ccccc2)cc1NC(=O)CC(C)(C)C(=O)O. The second kappa shape index (κ2) is 7.82. The summed E-state index contributed by atoms with van der Waals surface area (Å²) < 4.78 is 0. The average molecular weight is 354 g/mol. The molecule has 136 valence electrons. The lowest BCUT2D eigenvalue weighted by atomic mass is 9.89. The topological polar surface area (TPSA) is 95.5 Å². The van der Waals surface area contributed by atoms with E-state index in [0.717, 1.165) is 5.56 Å². The summed E-state index contributed by atoms with van der Waals surface area (Å²) in [4.78, 5) is 35.6. The molecule has 2 amide bonds. The van der Waals surface area contributed by atoms with Crippen LogP contribution in [0.1, 0.15) is 36.2 Å². The molecule has 0 aliphatic rings. The standard InChI is InChI=1S/C20H22N2O4/c1-13-9-10-15(21-18(24)14-7-5-4-6-8-14)11-16(13)22-17(23)12-20(2,3)19(25)26/h4-11H,12H2,1-3H3,(H,21,24)(H,22,23)(H,25,26). The minimum absolute atomic E-state index is 0.150. The van der Waals surface area contributed by atoms with Crippen LogP contribution in [-0.2, 0) is 9.59 Å². The van der Waals surface area contributed by atoms with Gasteiger partial charge in [0.2, 0.25) is 5.91 Å². The smallest absolute Gasteiger partial charge is 0.309 e. The fourth-order valence-corrected chi connectivity index (χ4v) is 2.30. The number of anilines is 2. The van der Waals surface area contributed by atoms with E-state index >= 15 is 0 Å². The maximum absolute atomic E-state index is 12.2. The van der Waals surface area contributed by atoms with Crippen molar-refractivity contribution in [2.45, 2.75) is 27.2 Å². The van der Waals surface area contributed by atoms with Crippen molar-refractivity contribution in [2.24, 2.45) is 5.41 Å². The molecule has 6 heteroatoms. The van der Waals surface area contributed by atoms with Gasteiger partial charge in [-0.25, -0.2) is 0 Å². The zero-order chi connectivity index (χ0) is 19.3. The third-order valence-corrected chi connectivity index (χ3v) is 3.99. The van der Waals surface area contributed by atoms with E-state index in [2.05, 4.69) is 10.6 Å². The molecule has 0 saturated heterocycles. The van der Waals surface area contributed by atoms with Gasteiger partial charge in [-0.05, 0) is 50.6 Å². The lowest BCUT2D eigenvalue weighted by Crippen LogP contribution is -2.29. The van der Waals surface area contributed by atoms with Crippen LogP contribution in [0.2, 0.25) is 0 Å². The molecule has 3 N–H and O–H groups in total. The lowest BCUT2D eigenvalue weighted by Gasteiger charge is -2.19. The molecule has 0 aliphatic carbocycles. The molecular formula is C20H22N2O4. The molecule has 0 saturated carbocycles. The predicted octanol–water partition coefficient (Wildman–Crippen LogP) is 3.69. The van der Waals surface area contributed by atoms with E-state index in [4.69, 9.17) is 5.11 Å². The second-order valence-corrected chi connectivity index (χ2v) is 6.76. The molecule has 0 unspecified atom stereocenters. The van der Waals surface area contributed by atoms with Gasteiger partial charge < -0.3 is 15.7 Å². The van der Waals surface area contributed by atoms with E-state index in [1.807, 2.05) is 13.0 Å². The Balaban J connectivity index is 2.11. The van der Waals surface area contributed by atoms with Crippen LogP contribution in [0.3, 0.4) is 0 Å². The van der Waals surface area contributed by atoms with E-state index < -0.39 is 17.3 Å². The first-order chi connectivity index (χ1) is 12.2. The highest BCUT2D eigenvalue weighted by Gasteiger charge is 2.30. The number of hydrogen-bond donors (Lipinski definition) is 3. The molecule has 2 aromatic carbocycles. The molecule has 0 bridgehead atoms. The number of aliphatic carboxylic acids is 1. The quantitative estimate of drug-likeness (QED) is 0.737. The second-order valence-electron chi connectivity index (χ2n) is 6.76. The Morgan fingerprint density at radius 2 is 1.65 bits per heavy atom. The molecule has 26 heavy (non-hydrogen) atoms. The number of nitrogens with one attached hydrogen (secondary N) is 2. The van der Waals surface area contributed by atoms with Gasteiger partial charge in [-0.1, -0.05) is 24.3 Å². The summed E-state index contributed by atoms with van der Waals surface area (Å²) in [5.74, 6) is -1.68. The van der Waals surface area contributed by atoms with E-state index in [1.165, 1.54) is 13.8 Å². The van der Waals surface area contributed by atoms with Gasteiger partial charge in [0, 0.05) is 23.4 Å². The van der Waals surface area contributed by atoms with Crippen LogP contribution in [0.15, 0.2) is 48.5 Å². The number of hydrogen-bond acceptors (Lipinski definition) is 3. The Bertz CT molecular complexity index is 829. The van der Waals surface area contributed by atoms with Crippen LogP contribution in [0.25, 0.3) is 0 Å². The number of carboxylic acids is 1. The van der Waals surface area contributed by atoms with Gasteiger partial charge in [0.1, 0.15) is 0 Å². The van der Waals surface area contributed by atoms with Gasteiger partial charge in [0.05, 0.1) is 5.41 Å². The number of carbonyl (C=O) groups is 3. The van der Waals surface area contributed by atoms with Crippen molar-refractivity contribution in [3.8, 4) is 0 Å². The highest BCUT2D eigenvalue weighted by Crippen LogP contribution is 2.24. The van der Waals surface area contributed by atoms with Crippen molar-refractivity contribution in [3.63, 3.8) is 0 Å². The Kier molecular flexibility index (Phi) is 5.77. The van der Waals surface area contributed by atoms with Crippen molar-refractivity contribution in [2.75, 3.05) is 10.6 Å². The van der Waals surface area contributed by atoms with Crippen LogP contribution in [0.5, 0.6) is 0 Å². The summed E-state index contributed by atoms with van der Waals surface area (Å²) in [6, 6.07) is 14.0. The summed E-state index contributed by atoms with van der Waals surface area (Å²) in [5, 5.41) is 14.6. The van der Waals surface area contributed by atoms with Crippen LogP contribution in [0, 0.1) is 12.3 Å². The molecular weight excluding hydrogens is 332 g/mol. The van der Waals surface area contributed by atoms with Gasteiger partial charge in [0.25, 0.3) is 5.91 Å². The Hall–Kier alpha value is -3.15. The maximum atomic E-state index is 12.2. The van der Waals surface area contributed by atoms with Crippen LogP contribution >= 0.6 is 0 Å². The van der Waals surface area contributed by atoms with E-state index in [-0.39, 0.29) is 12.3 Å². The van der Waals surface area contributed by atoms with Crippen molar-refractivity contribution in [1.29, 1.82) is 0 Å². The Morgan fingerprint density at radius 3 is 2.27 bits per heavy atom. The van der Waals surface area contributed by atoms with Crippen molar-refractivity contribution in [3.05, 3.63) is 59.7 Å². The zero-order valence-electron chi connectivity index (χ0n) is 15.0. The Morgan fingerprint density at radius 1 is 1.00 bits per heavy atom. The molecule has 0 spiro atoms. The number of amides is 2. The summed E-state index contributed by atoms with van der Waals surface area (Å²) >= 11 is 0. The number of carboxylic acid groups (broad SMARTS) is 1. The first-order valence-electron chi connectivity index (χ1n) is 8.19. The van der Waals surface area contributed by atoms with E-state index in [1.54, 1.807) is 42.5 Å². The fourth-order valence-electron chi connectivity index (χ4n) is 2.30. The minimum atomic E-state index is -1.16. The summed E-state index contributed by atoms with van der Waals surface area (Å²) in [6.45, 7) is 4.82. The first kappa shape index (κ1) is 19.2. The molecule has 0 atom stereocenters. The predicted molar refractivity (Wildman–Crippen MR) is 100 cm³/mol. The third-order valence-electron chi connectivity index (χ3n) is 3.99. The zero-order valence-corrected chi connectivity index (χ0v) is 15.0. The number of carbonyl (C=O) groups excluding carboxylic acids is 2. The maximum Gasteiger partial charge on any atom is 0.309 e. The molecule has 0 heterocycles. The number of rotatable bonds is 6. The molecule has 2 rings (SSSR count). The molecule has 0 aromatic heterocycles. The highest BCUT2D eigenvalue weighted by molar-refractivity contribution is 6.04. The lowest BCUT2D eigenvalue weighted by molar-refractivity contribution is -0.148. The van der Waals surface area contributed by atoms with E-state index in [9.17, 15) is 14.4 Å². The highest BCUT2D eigenvalue weighted by atomic mass is 16.4. The minimum Gasteiger partial charge on any atom is -0.481 e. The van der Waals surface area contributed by atoms with Gasteiger partial charge >= 0.3 is 5.97 Å². The summed E-state index contributed by atoms with van der Waals surface area (Å²) in [7, 11) is 0. The van der Waals surface area contributed by atoms with E-state index in [0.29, 0.717) is 16.9 Å². The van der Waals surface area contributed by atoms with Crippen molar-refractivity contribution >= 4 is 29.2 Å². The third kappa shape index (κ3) is 4.92. The molecule has 0 radical (unpaired) electrons. The van der Waals surface area contributed by atoms with Crippen LogP contribution in [0.4, 0.5) is 11.4 Å². The molecule has 2 aromatic rings. The monoisotopic (exact) mass is 354 g/mol. The normalized spacial score (nSPS) is 10.9. The van der Waals surface area contributed by atoms with Crippen LogP contribution < -0.4 is 10.6 Å². The molecule has 0 aliphatic heterocycles.